The van der Waals surface area contributed by atoms with Crippen LogP contribution >= 0.6 is 0 Å². The van der Waals surface area contributed by atoms with Crippen LogP contribution in [0.3, 0.4) is 0 Å². The third-order valence-electron chi connectivity index (χ3n) is 2.04. The Hall–Kier alpha value is -0.650. The molecule has 0 bridgehead atoms. The van der Waals surface area contributed by atoms with Crippen molar-refractivity contribution < 1.29 is 9.66 Å². The Labute approximate surface area is 92.9 Å². The number of nitrogens with zero attached hydrogens (tertiary/aromatic N) is 2. The summed E-state index contributed by atoms with van der Waals surface area (Å²) in [5, 5.41) is 8.58. The zero-order valence-electron chi connectivity index (χ0n) is 8.63. The summed E-state index contributed by atoms with van der Waals surface area (Å²) < 4.78 is 11.7. The first kappa shape index (κ1) is 12.4. The van der Waals surface area contributed by atoms with Crippen LogP contribution in [0.1, 0.15) is 25.7 Å². The lowest BCUT2D eigenvalue weighted by Crippen LogP contribution is -2.07. The topological polar surface area (TPSA) is 69.1 Å². The van der Waals surface area contributed by atoms with Crippen LogP contribution in [0, 0.1) is 0 Å². The quantitative estimate of drug-likeness (QED) is 0.561. The van der Waals surface area contributed by atoms with E-state index in [2.05, 4.69) is 9.97 Å². The Morgan fingerprint density at radius 3 is 2.47 bits per heavy atom. The van der Waals surface area contributed by atoms with Gasteiger partial charge in [-0.05, 0) is 30.4 Å². The fourth-order valence-electron chi connectivity index (χ4n) is 1.22. The number of aliphatic hydroxyl groups excluding tert-OH is 1. The maximum absolute atomic E-state index is 11.7. The molecule has 0 aliphatic carbocycles. The lowest BCUT2D eigenvalue weighted by Gasteiger charge is -2.08. The van der Waals surface area contributed by atoms with Crippen molar-refractivity contribution in [3.63, 3.8) is 0 Å². The van der Waals surface area contributed by atoms with Crippen LogP contribution in [0.25, 0.3) is 0 Å². The third kappa shape index (κ3) is 5.11. The Morgan fingerprint density at radius 2 is 1.80 bits per heavy atom. The van der Waals surface area contributed by atoms with Crippen LogP contribution in [0.5, 0.6) is 0 Å². The standard InChI is InChI=1S/C10H16N2O2S/c13-5-3-1-2-4-6-15(14)10-7-11-9-12-8-10/h7-9,13H,1-6H2. The average molecular weight is 228 g/mol. The summed E-state index contributed by atoms with van der Waals surface area (Å²) in [6.07, 6.45) is 8.39. The van der Waals surface area contributed by atoms with E-state index in [-0.39, 0.29) is 6.61 Å². The molecule has 1 atom stereocenters. The van der Waals surface area contributed by atoms with Gasteiger partial charge < -0.3 is 9.66 Å². The van der Waals surface area contributed by atoms with E-state index in [1.165, 1.54) is 6.33 Å². The molecule has 0 aromatic carbocycles. The highest BCUT2D eigenvalue weighted by molar-refractivity contribution is 7.91. The predicted molar refractivity (Wildman–Crippen MR) is 58.9 cm³/mol. The largest absolute Gasteiger partial charge is 0.611 e. The van der Waals surface area contributed by atoms with E-state index in [1.54, 1.807) is 12.4 Å². The number of unbranched alkanes of at least 4 members (excludes halogenated alkanes) is 3. The molecule has 4 nitrogen and oxygen atoms in total. The van der Waals surface area contributed by atoms with E-state index in [4.69, 9.17) is 5.11 Å². The monoisotopic (exact) mass is 228 g/mol. The minimum atomic E-state index is -0.976. The van der Waals surface area contributed by atoms with Crippen molar-refractivity contribution in [2.24, 2.45) is 0 Å². The molecular formula is C10H16N2O2S. The maximum atomic E-state index is 11.7. The van der Waals surface area contributed by atoms with E-state index >= 15 is 0 Å². The van der Waals surface area contributed by atoms with Gasteiger partial charge in [-0.1, -0.05) is 6.42 Å². The van der Waals surface area contributed by atoms with Crippen molar-refractivity contribution in [2.45, 2.75) is 30.6 Å². The molecule has 0 aliphatic rings. The molecule has 5 heteroatoms. The Morgan fingerprint density at radius 1 is 1.13 bits per heavy atom. The second-order valence-electron chi connectivity index (χ2n) is 3.26. The van der Waals surface area contributed by atoms with Gasteiger partial charge in [-0.3, -0.25) is 0 Å². The van der Waals surface area contributed by atoms with Crippen LogP contribution in [-0.2, 0) is 11.2 Å². The minimum Gasteiger partial charge on any atom is -0.611 e. The van der Waals surface area contributed by atoms with E-state index in [9.17, 15) is 4.55 Å². The summed E-state index contributed by atoms with van der Waals surface area (Å²) in [4.78, 5) is 8.35. The molecule has 0 radical (unpaired) electrons. The van der Waals surface area contributed by atoms with Crippen LogP contribution in [0.15, 0.2) is 23.6 Å². The van der Waals surface area contributed by atoms with Gasteiger partial charge in [0.25, 0.3) is 0 Å². The molecule has 0 fully saturated rings. The first-order valence-electron chi connectivity index (χ1n) is 5.09. The molecule has 1 aromatic heterocycles. The van der Waals surface area contributed by atoms with Gasteiger partial charge in [0, 0.05) is 6.61 Å². The summed E-state index contributed by atoms with van der Waals surface area (Å²) in [6.45, 7) is 0.246. The van der Waals surface area contributed by atoms with Gasteiger partial charge in [0.05, 0.1) is 12.4 Å². The molecule has 1 rings (SSSR count). The number of hydrogen-bond acceptors (Lipinski definition) is 4. The van der Waals surface area contributed by atoms with Crippen molar-refractivity contribution in [1.29, 1.82) is 0 Å². The normalized spacial score (nSPS) is 12.7. The zero-order chi connectivity index (χ0) is 10.9. The van der Waals surface area contributed by atoms with E-state index < -0.39 is 11.2 Å². The number of aliphatic hydroxyl groups is 1. The van der Waals surface area contributed by atoms with Gasteiger partial charge in [-0.25, -0.2) is 9.97 Å². The molecule has 1 N–H and O–H groups in total. The highest BCUT2D eigenvalue weighted by Gasteiger charge is 2.09. The first-order valence-corrected chi connectivity index (χ1v) is 6.40. The fraction of sp³-hybridized carbons (Fsp3) is 0.600. The zero-order valence-corrected chi connectivity index (χ0v) is 9.45. The van der Waals surface area contributed by atoms with Gasteiger partial charge in [-0.15, -0.1) is 0 Å². The molecular weight excluding hydrogens is 212 g/mol. The van der Waals surface area contributed by atoms with E-state index in [0.717, 1.165) is 25.7 Å². The molecule has 84 valence electrons. The van der Waals surface area contributed by atoms with Crippen molar-refractivity contribution in [2.75, 3.05) is 12.4 Å². The van der Waals surface area contributed by atoms with Gasteiger partial charge in [-0.2, -0.15) is 0 Å². The first-order chi connectivity index (χ1) is 7.34. The summed E-state index contributed by atoms with van der Waals surface area (Å²) in [5.74, 6) is 0.652. The molecule has 0 spiro atoms. The van der Waals surface area contributed by atoms with Crippen LogP contribution < -0.4 is 0 Å². The molecule has 1 unspecified atom stereocenters. The SMILES string of the molecule is [O-][S+](CCCCCCO)c1cncnc1. The molecule has 0 saturated carbocycles. The Bertz CT molecular complexity index is 259. The molecule has 15 heavy (non-hydrogen) atoms. The average Bonchev–Trinajstić information content (AvgIpc) is 2.30. The van der Waals surface area contributed by atoms with Gasteiger partial charge in [0.1, 0.15) is 12.1 Å². The van der Waals surface area contributed by atoms with Gasteiger partial charge in [0.2, 0.25) is 0 Å². The summed E-state index contributed by atoms with van der Waals surface area (Å²) in [7, 11) is 0. The minimum absolute atomic E-state index is 0.246. The molecule has 1 heterocycles. The molecule has 0 aliphatic heterocycles. The van der Waals surface area contributed by atoms with Crippen molar-refractivity contribution in [3.8, 4) is 0 Å². The lowest BCUT2D eigenvalue weighted by atomic mass is 10.2. The van der Waals surface area contributed by atoms with Crippen LogP contribution in [-0.4, -0.2) is 32.0 Å². The van der Waals surface area contributed by atoms with Crippen molar-refractivity contribution >= 4 is 11.2 Å². The van der Waals surface area contributed by atoms with Gasteiger partial charge in [0.15, 0.2) is 4.90 Å². The van der Waals surface area contributed by atoms with E-state index in [1.807, 2.05) is 0 Å². The summed E-state index contributed by atoms with van der Waals surface area (Å²) >= 11 is -0.976. The lowest BCUT2D eigenvalue weighted by molar-refractivity contribution is 0.283. The number of aromatic nitrogens is 2. The van der Waals surface area contributed by atoms with Crippen LogP contribution in [0.2, 0.25) is 0 Å². The van der Waals surface area contributed by atoms with Crippen LogP contribution in [0.4, 0.5) is 0 Å². The number of hydrogen-bond donors (Lipinski definition) is 1. The fourth-order valence-corrected chi connectivity index (χ4v) is 2.28. The number of rotatable bonds is 7. The summed E-state index contributed by atoms with van der Waals surface area (Å²) in [5.41, 5.74) is 0. The molecule has 0 saturated heterocycles. The third-order valence-corrected chi connectivity index (χ3v) is 3.43. The Kier molecular flexibility index (Phi) is 6.31. The Balaban J connectivity index is 2.16. The predicted octanol–water partition coefficient (Wildman–Crippen LogP) is 1.14. The van der Waals surface area contributed by atoms with Gasteiger partial charge >= 0.3 is 0 Å². The molecule has 1 aromatic rings. The maximum Gasteiger partial charge on any atom is 0.189 e. The van der Waals surface area contributed by atoms with Crippen molar-refractivity contribution in [3.05, 3.63) is 18.7 Å². The second kappa shape index (κ2) is 7.62. The van der Waals surface area contributed by atoms with E-state index in [0.29, 0.717) is 10.6 Å². The summed E-state index contributed by atoms with van der Waals surface area (Å²) in [6, 6.07) is 0. The molecule has 0 amide bonds. The highest BCUT2D eigenvalue weighted by atomic mass is 32.2. The highest BCUT2D eigenvalue weighted by Crippen LogP contribution is 2.10. The van der Waals surface area contributed by atoms with Crippen molar-refractivity contribution in [1.82, 2.24) is 9.97 Å². The smallest absolute Gasteiger partial charge is 0.189 e. The second-order valence-corrected chi connectivity index (χ2v) is 4.83.